The number of anilines is 1. The molecular formula is C26H25ClN4O4. The van der Waals surface area contributed by atoms with Crippen LogP contribution in [-0.2, 0) is 32.1 Å². The van der Waals surface area contributed by atoms with E-state index in [0.717, 1.165) is 21.6 Å². The molecule has 1 fully saturated rings. The average molecular weight is 493 g/mol. The van der Waals surface area contributed by atoms with Crippen molar-refractivity contribution in [3.05, 3.63) is 88.2 Å². The van der Waals surface area contributed by atoms with Crippen LogP contribution in [0.4, 0.5) is 5.69 Å². The van der Waals surface area contributed by atoms with Gasteiger partial charge in [0.2, 0.25) is 11.8 Å². The lowest BCUT2D eigenvalue weighted by Gasteiger charge is -2.29. The van der Waals surface area contributed by atoms with Crippen LogP contribution in [0.15, 0.2) is 66.5 Å². The fourth-order valence-corrected chi connectivity index (χ4v) is 4.19. The van der Waals surface area contributed by atoms with E-state index in [2.05, 4.69) is 22.5 Å². The van der Waals surface area contributed by atoms with E-state index in [-0.39, 0.29) is 18.0 Å². The quantitative estimate of drug-likeness (QED) is 0.515. The Morgan fingerprint density at radius 2 is 1.97 bits per heavy atom. The first-order chi connectivity index (χ1) is 16.7. The number of carbonyl (C=O) groups excluding carboxylic acids is 4. The first-order valence-corrected chi connectivity index (χ1v) is 11.5. The summed E-state index contributed by atoms with van der Waals surface area (Å²) in [6, 6.07) is 11.8. The molecule has 2 aliphatic heterocycles. The zero-order valence-electron chi connectivity index (χ0n) is 19.2. The summed E-state index contributed by atoms with van der Waals surface area (Å²) in [4.78, 5) is 51.0. The van der Waals surface area contributed by atoms with Gasteiger partial charge in [0.15, 0.2) is 0 Å². The van der Waals surface area contributed by atoms with Crippen molar-refractivity contribution in [2.45, 2.75) is 38.8 Å². The van der Waals surface area contributed by atoms with E-state index in [1.807, 2.05) is 25.1 Å². The maximum Gasteiger partial charge on any atom is 0.278 e. The summed E-state index contributed by atoms with van der Waals surface area (Å²) in [6.45, 7) is 5.99. The van der Waals surface area contributed by atoms with Gasteiger partial charge in [-0.25, -0.2) is 0 Å². The molecule has 8 nitrogen and oxygen atoms in total. The molecule has 3 N–H and O–H groups in total. The SMILES string of the molecule is C=C1CCC(N2C(=O)C=C(Nc3cccc(CC(=O)NCc4ccc(C)c(Cl)c4)c3)C2=O)C(=O)N1. The maximum atomic E-state index is 12.9. The maximum absolute atomic E-state index is 12.9. The Morgan fingerprint density at radius 3 is 2.71 bits per heavy atom. The molecule has 0 bridgehead atoms. The molecule has 0 radical (unpaired) electrons. The Kier molecular flexibility index (Phi) is 7.02. The number of allylic oxidation sites excluding steroid dienone is 1. The summed E-state index contributed by atoms with van der Waals surface area (Å²) in [5.41, 5.74) is 3.80. The molecular weight excluding hydrogens is 468 g/mol. The zero-order valence-corrected chi connectivity index (χ0v) is 19.9. The van der Waals surface area contributed by atoms with Gasteiger partial charge in [-0.05, 0) is 54.7 Å². The smallest absolute Gasteiger partial charge is 0.278 e. The van der Waals surface area contributed by atoms with Crippen LogP contribution in [-0.4, -0.2) is 34.6 Å². The first-order valence-electron chi connectivity index (χ1n) is 11.2. The molecule has 180 valence electrons. The van der Waals surface area contributed by atoms with Gasteiger partial charge in [-0.15, -0.1) is 0 Å². The number of benzene rings is 2. The number of piperidine rings is 1. The monoisotopic (exact) mass is 492 g/mol. The number of nitrogens with one attached hydrogen (secondary N) is 3. The van der Waals surface area contributed by atoms with Crippen molar-refractivity contribution < 1.29 is 19.2 Å². The van der Waals surface area contributed by atoms with Crippen molar-refractivity contribution in [1.82, 2.24) is 15.5 Å². The third-order valence-corrected chi connectivity index (χ3v) is 6.29. The second kappa shape index (κ2) is 10.1. The summed E-state index contributed by atoms with van der Waals surface area (Å²) in [5, 5.41) is 9.07. The highest BCUT2D eigenvalue weighted by Gasteiger charge is 2.41. The number of aryl methyl sites for hydroxylation is 1. The third-order valence-electron chi connectivity index (χ3n) is 5.88. The predicted octanol–water partition coefficient (Wildman–Crippen LogP) is 2.96. The fourth-order valence-electron chi connectivity index (χ4n) is 3.99. The van der Waals surface area contributed by atoms with Crippen LogP contribution in [0.25, 0.3) is 0 Å². The van der Waals surface area contributed by atoms with Crippen LogP contribution in [0.1, 0.15) is 29.5 Å². The summed E-state index contributed by atoms with van der Waals surface area (Å²) in [6.07, 6.45) is 2.16. The van der Waals surface area contributed by atoms with Gasteiger partial charge in [0.25, 0.3) is 11.8 Å². The minimum atomic E-state index is -0.866. The Hall–Kier alpha value is -3.91. The number of rotatable bonds is 7. The minimum Gasteiger partial charge on any atom is -0.352 e. The van der Waals surface area contributed by atoms with Gasteiger partial charge in [0.1, 0.15) is 11.7 Å². The van der Waals surface area contributed by atoms with Crippen LogP contribution in [0.5, 0.6) is 0 Å². The molecule has 4 rings (SSSR count). The molecule has 2 heterocycles. The predicted molar refractivity (Wildman–Crippen MR) is 132 cm³/mol. The van der Waals surface area contributed by atoms with Crippen LogP contribution < -0.4 is 16.0 Å². The molecule has 0 aliphatic carbocycles. The fraction of sp³-hybridized carbons (Fsp3) is 0.231. The molecule has 2 aromatic carbocycles. The number of halogens is 1. The molecule has 1 saturated heterocycles. The number of hydrogen-bond acceptors (Lipinski definition) is 5. The molecule has 1 atom stereocenters. The van der Waals surface area contributed by atoms with Crippen molar-refractivity contribution >= 4 is 40.9 Å². The van der Waals surface area contributed by atoms with E-state index >= 15 is 0 Å². The minimum absolute atomic E-state index is 0.0741. The second-order valence-electron chi connectivity index (χ2n) is 8.58. The average Bonchev–Trinajstić information content (AvgIpc) is 3.08. The van der Waals surface area contributed by atoms with Crippen molar-refractivity contribution in [3.8, 4) is 0 Å². The Balaban J connectivity index is 1.36. The van der Waals surface area contributed by atoms with Crippen LogP contribution >= 0.6 is 11.6 Å². The van der Waals surface area contributed by atoms with Gasteiger partial charge in [-0.2, -0.15) is 0 Å². The normalized spacial score (nSPS) is 17.8. The van der Waals surface area contributed by atoms with Crippen molar-refractivity contribution in [1.29, 1.82) is 0 Å². The van der Waals surface area contributed by atoms with Gasteiger partial charge < -0.3 is 16.0 Å². The van der Waals surface area contributed by atoms with Crippen molar-refractivity contribution in [2.24, 2.45) is 0 Å². The highest BCUT2D eigenvalue weighted by molar-refractivity contribution is 6.31. The van der Waals surface area contributed by atoms with Gasteiger partial charge in [0.05, 0.1) is 6.42 Å². The Bertz CT molecular complexity index is 1270. The second-order valence-corrected chi connectivity index (χ2v) is 8.99. The zero-order chi connectivity index (χ0) is 25.1. The largest absolute Gasteiger partial charge is 0.352 e. The van der Waals surface area contributed by atoms with Crippen LogP contribution in [0, 0.1) is 6.92 Å². The van der Waals surface area contributed by atoms with E-state index in [0.29, 0.717) is 35.8 Å². The van der Waals surface area contributed by atoms with Crippen molar-refractivity contribution in [3.63, 3.8) is 0 Å². The summed E-state index contributed by atoms with van der Waals surface area (Å²) in [7, 11) is 0. The van der Waals surface area contributed by atoms with E-state index < -0.39 is 23.8 Å². The van der Waals surface area contributed by atoms with Gasteiger partial charge in [-0.3, -0.25) is 24.1 Å². The highest BCUT2D eigenvalue weighted by Crippen LogP contribution is 2.24. The summed E-state index contributed by atoms with van der Waals surface area (Å²) < 4.78 is 0. The topological polar surface area (TPSA) is 108 Å². The number of carbonyl (C=O) groups is 4. The Morgan fingerprint density at radius 1 is 1.17 bits per heavy atom. The van der Waals surface area contributed by atoms with Gasteiger partial charge in [-0.1, -0.05) is 42.4 Å². The molecule has 2 aromatic rings. The van der Waals surface area contributed by atoms with Gasteiger partial charge in [0, 0.05) is 29.0 Å². The number of amides is 4. The lowest BCUT2D eigenvalue weighted by atomic mass is 10.0. The van der Waals surface area contributed by atoms with Crippen LogP contribution in [0.3, 0.4) is 0 Å². The van der Waals surface area contributed by atoms with E-state index in [4.69, 9.17) is 11.6 Å². The lowest BCUT2D eigenvalue weighted by Crippen LogP contribution is -2.52. The number of hydrogen-bond donors (Lipinski definition) is 3. The van der Waals surface area contributed by atoms with E-state index in [1.54, 1.807) is 24.3 Å². The summed E-state index contributed by atoms with van der Waals surface area (Å²) >= 11 is 6.14. The number of imide groups is 1. The molecule has 35 heavy (non-hydrogen) atoms. The molecule has 0 aromatic heterocycles. The third kappa shape index (κ3) is 5.60. The van der Waals surface area contributed by atoms with Crippen LogP contribution in [0.2, 0.25) is 5.02 Å². The van der Waals surface area contributed by atoms with E-state index in [9.17, 15) is 19.2 Å². The highest BCUT2D eigenvalue weighted by atomic mass is 35.5. The van der Waals surface area contributed by atoms with Crippen molar-refractivity contribution in [2.75, 3.05) is 5.32 Å². The number of nitrogens with zero attached hydrogens (tertiary/aromatic N) is 1. The Labute approximate surface area is 208 Å². The molecule has 0 saturated carbocycles. The molecule has 2 aliphatic rings. The molecule has 1 unspecified atom stereocenters. The van der Waals surface area contributed by atoms with Gasteiger partial charge >= 0.3 is 0 Å². The summed E-state index contributed by atoms with van der Waals surface area (Å²) in [5.74, 6) is -1.70. The molecule has 0 spiro atoms. The molecule has 4 amide bonds. The lowest BCUT2D eigenvalue weighted by molar-refractivity contribution is -0.146. The van der Waals surface area contributed by atoms with E-state index in [1.165, 1.54) is 6.08 Å². The standard InChI is InChI=1S/C26H25ClN4O4/c1-15-6-8-18(11-20(15)27)14-28-23(32)12-17-4-3-5-19(10-17)30-21-13-24(33)31(26(21)35)22-9-7-16(2)29-25(22)34/h3-6,8,10-11,13,22,30H,2,7,9,12,14H2,1H3,(H,28,32)(H,29,34). The first kappa shape index (κ1) is 24.2. The molecule has 9 heteroatoms.